The van der Waals surface area contributed by atoms with E-state index in [1.54, 1.807) is 11.3 Å². The van der Waals surface area contributed by atoms with Crippen molar-refractivity contribution >= 4 is 46.4 Å². The average Bonchev–Trinajstić information content (AvgIpc) is 3.15. The zero-order chi connectivity index (χ0) is 19.2. The number of morpholine rings is 1. The zero-order valence-corrected chi connectivity index (χ0v) is 20.2. The average molecular weight is 515 g/mol. The number of aliphatic imine (C=N–C) groups is 1. The monoisotopic (exact) mass is 515 g/mol. The molecular weight excluding hydrogens is 485 g/mol. The van der Waals surface area contributed by atoms with Crippen LogP contribution in [0.15, 0.2) is 34.6 Å². The first kappa shape index (κ1) is 22.9. The lowest BCUT2D eigenvalue weighted by Gasteiger charge is -2.35. The number of nitrogens with zero attached hydrogens (tertiary/aromatic N) is 4. The van der Waals surface area contributed by atoms with Gasteiger partial charge in [-0.05, 0) is 25.0 Å². The van der Waals surface area contributed by atoms with Crippen LogP contribution in [0.4, 0.5) is 5.13 Å². The molecule has 1 N–H and O–H groups in total. The molecular formula is C20H30IN5OS. The molecule has 1 aliphatic rings. The van der Waals surface area contributed by atoms with Gasteiger partial charge in [0.2, 0.25) is 0 Å². The SMILES string of the molecule is CCNC(=NCc1csc(N(C)C)n1)N1CCOC(c2ccccc2C)C1.I. The number of halogens is 1. The molecule has 2 heterocycles. The van der Waals surface area contributed by atoms with Crippen LogP contribution in [0.25, 0.3) is 0 Å². The van der Waals surface area contributed by atoms with Crippen LogP contribution in [0.3, 0.4) is 0 Å². The summed E-state index contributed by atoms with van der Waals surface area (Å²) in [4.78, 5) is 13.8. The van der Waals surface area contributed by atoms with Crippen molar-refractivity contribution in [2.75, 3.05) is 45.2 Å². The van der Waals surface area contributed by atoms with Crippen LogP contribution in [0, 0.1) is 6.92 Å². The van der Waals surface area contributed by atoms with Crippen molar-refractivity contribution in [1.82, 2.24) is 15.2 Å². The molecule has 0 radical (unpaired) electrons. The Labute approximate surface area is 189 Å². The van der Waals surface area contributed by atoms with Gasteiger partial charge in [0.25, 0.3) is 0 Å². The number of rotatable bonds is 5. The maximum absolute atomic E-state index is 6.06. The summed E-state index contributed by atoms with van der Waals surface area (Å²) in [5.41, 5.74) is 3.53. The highest BCUT2D eigenvalue weighted by Crippen LogP contribution is 2.25. The lowest BCUT2D eigenvalue weighted by atomic mass is 10.0. The minimum absolute atomic E-state index is 0. The van der Waals surface area contributed by atoms with E-state index < -0.39 is 0 Å². The van der Waals surface area contributed by atoms with E-state index in [1.807, 2.05) is 19.0 Å². The molecule has 1 atom stereocenters. The highest BCUT2D eigenvalue weighted by atomic mass is 127. The summed E-state index contributed by atoms with van der Waals surface area (Å²) in [6.45, 7) is 8.00. The fraction of sp³-hybridized carbons (Fsp3) is 0.500. The van der Waals surface area contributed by atoms with Gasteiger partial charge in [-0.3, -0.25) is 0 Å². The number of aryl methyl sites for hydroxylation is 1. The molecule has 1 aliphatic heterocycles. The topological polar surface area (TPSA) is 53.0 Å². The first-order chi connectivity index (χ1) is 13.1. The van der Waals surface area contributed by atoms with Crippen molar-refractivity contribution in [2.24, 2.45) is 4.99 Å². The van der Waals surface area contributed by atoms with Crippen molar-refractivity contribution in [3.63, 3.8) is 0 Å². The Morgan fingerprint density at radius 3 is 2.86 bits per heavy atom. The van der Waals surface area contributed by atoms with Crippen molar-refractivity contribution in [3.05, 3.63) is 46.5 Å². The standard InChI is InChI=1S/C20H29N5OS.HI/c1-5-21-19(22-12-16-14-27-20(23-16)24(3)4)25-10-11-26-18(13-25)17-9-7-6-8-15(17)2;/h6-9,14,18H,5,10-13H2,1-4H3,(H,21,22);1H. The number of thiazole rings is 1. The van der Waals surface area contributed by atoms with Gasteiger partial charge in [-0.15, -0.1) is 35.3 Å². The summed E-state index contributed by atoms with van der Waals surface area (Å²) >= 11 is 1.65. The van der Waals surface area contributed by atoms with Crippen LogP contribution in [0.1, 0.15) is 29.8 Å². The predicted molar refractivity (Wildman–Crippen MR) is 128 cm³/mol. The van der Waals surface area contributed by atoms with Crippen molar-refractivity contribution in [1.29, 1.82) is 0 Å². The van der Waals surface area contributed by atoms with Crippen LogP contribution >= 0.6 is 35.3 Å². The summed E-state index contributed by atoms with van der Waals surface area (Å²) in [7, 11) is 4.02. The second-order valence-corrected chi connectivity index (χ2v) is 7.68. The Morgan fingerprint density at radius 1 is 1.39 bits per heavy atom. The number of aromatic nitrogens is 1. The molecule has 1 aromatic carbocycles. The Morgan fingerprint density at radius 2 is 2.18 bits per heavy atom. The minimum atomic E-state index is 0. The van der Waals surface area contributed by atoms with Gasteiger partial charge in [0.1, 0.15) is 6.10 Å². The van der Waals surface area contributed by atoms with Gasteiger partial charge >= 0.3 is 0 Å². The second kappa shape index (κ2) is 11.0. The minimum Gasteiger partial charge on any atom is -0.370 e. The summed E-state index contributed by atoms with van der Waals surface area (Å²) in [6, 6.07) is 8.45. The molecule has 0 aliphatic carbocycles. The van der Waals surface area contributed by atoms with Gasteiger partial charge < -0.3 is 19.9 Å². The number of anilines is 1. The molecule has 2 aromatic rings. The normalized spacial score (nSPS) is 17.2. The highest BCUT2D eigenvalue weighted by molar-refractivity contribution is 14.0. The van der Waals surface area contributed by atoms with E-state index in [0.29, 0.717) is 13.2 Å². The largest absolute Gasteiger partial charge is 0.370 e. The number of hydrogen-bond acceptors (Lipinski definition) is 5. The molecule has 1 unspecified atom stereocenters. The van der Waals surface area contributed by atoms with Gasteiger partial charge in [-0.1, -0.05) is 24.3 Å². The van der Waals surface area contributed by atoms with Crippen molar-refractivity contribution in [2.45, 2.75) is 26.5 Å². The van der Waals surface area contributed by atoms with Gasteiger partial charge in [-0.25, -0.2) is 9.98 Å². The van der Waals surface area contributed by atoms with E-state index in [9.17, 15) is 0 Å². The molecule has 6 nitrogen and oxygen atoms in total. The van der Waals surface area contributed by atoms with E-state index >= 15 is 0 Å². The number of ether oxygens (including phenoxy) is 1. The van der Waals surface area contributed by atoms with Gasteiger partial charge in [0, 0.05) is 32.6 Å². The predicted octanol–water partition coefficient (Wildman–Crippen LogP) is 3.67. The lowest BCUT2D eigenvalue weighted by Crippen LogP contribution is -2.48. The molecule has 28 heavy (non-hydrogen) atoms. The van der Waals surface area contributed by atoms with E-state index in [2.05, 4.69) is 58.7 Å². The van der Waals surface area contributed by atoms with E-state index in [-0.39, 0.29) is 30.1 Å². The molecule has 0 spiro atoms. The number of nitrogens with one attached hydrogen (secondary N) is 1. The van der Waals surface area contributed by atoms with Crippen LogP contribution in [0.2, 0.25) is 0 Å². The van der Waals surface area contributed by atoms with Crippen molar-refractivity contribution in [3.8, 4) is 0 Å². The van der Waals surface area contributed by atoms with E-state index in [4.69, 9.17) is 9.73 Å². The van der Waals surface area contributed by atoms with E-state index in [1.165, 1.54) is 11.1 Å². The Balaban J connectivity index is 0.00000280. The Kier molecular flexibility index (Phi) is 8.97. The summed E-state index contributed by atoms with van der Waals surface area (Å²) in [5, 5.41) is 6.52. The smallest absolute Gasteiger partial charge is 0.194 e. The van der Waals surface area contributed by atoms with Crippen LogP contribution in [-0.2, 0) is 11.3 Å². The van der Waals surface area contributed by atoms with Gasteiger partial charge in [0.15, 0.2) is 11.1 Å². The van der Waals surface area contributed by atoms with Gasteiger partial charge in [-0.2, -0.15) is 0 Å². The molecule has 1 fully saturated rings. The Hall–Kier alpha value is -1.39. The molecule has 8 heteroatoms. The third-order valence-electron chi connectivity index (χ3n) is 4.55. The highest BCUT2D eigenvalue weighted by Gasteiger charge is 2.25. The fourth-order valence-electron chi connectivity index (χ4n) is 3.13. The second-order valence-electron chi connectivity index (χ2n) is 6.85. The summed E-state index contributed by atoms with van der Waals surface area (Å²) < 4.78 is 6.06. The van der Waals surface area contributed by atoms with Crippen LogP contribution in [0.5, 0.6) is 0 Å². The lowest BCUT2D eigenvalue weighted by molar-refractivity contribution is -0.00834. The summed E-state index contributed by atoms with van der Waals surface area (Å²) in [5.74, 6) is 0.929. The Bertz CT molecular complexity index is 779. The molecule has 0 bridgehead atoms. The molecule has 154 valence electrons. The van der Waals surface area contributed by atoms with Crippen LogP contribution < -0.4 is 10.2 Å². The maximum atomic E-state index is 6.06. The van der Waals surface area contributed by atoms with E-state index in [0.717, 1.165) is 36.4 Å². The quantitative estimate of drug-likeness (QED) is 0.374. The molecule has 1 saturated heterocycles. The number of hydrogen-bond donors (Lipinski definition) is 1. The zero-order valence-electron chi connectivity index (χ0n) is 17.0. The molecule has 3 rings (SSSR count). The first-order valence-electron chi connectivity index (χ1n) is 9.40. The third kappa shape index (κ3) is 5.81. The number of guanidine groups is 1. The third-order valence-corrected chi connectivity index (χ3v) is 5.61. The maximum Gasteiger partial charge on any atom is 0.194 e. The van der Waals surface area contributed by atoms with Crippen molar-refractivity contribution < 1.29 is 4.74 Å². The van der Waals surface area contributed by atoms with Crippen LogP contribution in [-0.4, -0.2) is 56.2 Å². The number of benzene rings is 1. The molecule has 1 aromatic heterocycles. The first-order valence-corrected chi connectivity index (χ1v) is 10.3. The molecule has 0 saturated carbocycles. The fourth-order valence-corrected chi connectivity index (χ4v) is 3.88. The molecule has 0 amide bonds. The van der Waals surface area contributed by atoms with Gasteiger partial charge in [0.05, 0.1) is 25.4 Å². The summed E-state index contributed by atoms with van der Waals surface area (Å²) in [6.07, 6.45) is 0.0726.